The molecule has 0 saturated carbocycles. The number of rotatable bonds is 4. The summed E-state index contributed by atoms with van der Waals surface area (Å²) in [4.78, 5) is 0. The molecule has 0 amide bonds. The Balaban J connectivity index is 2.81. The molecule has 53 valence electrons. The monoisotopic (exact) mass is 310 g/mol. The molecule has 0 saturated heterocycles. The minimum absolute atomic E-state index is 0.316. The first-order valence-electron chi connectivity index (χ1n) is 2.67. The maximum absolute atomic E-state index is 3.71. The average molecular weight is 310 g/mol. The molecule has 0 unspecified atom stereocenters. The summed E-state index contributed by atoms with van der Waals surface area (Å²) < 4.78 is 1.64. The van der Waals surface area contributed by atoms with Gasteiger partial charge < -0.3 is 0 Å². The standard InChI is InChI=1S/C4H9Si.2CH3.Pt/c1-3-4-5-2;;;/h3H,1-2,4-5H2;2*1H3;. The van der Waals surface area contributed by atoms with Crippen LogP contribution in [-0.2, 0) is 17.3 Å². The van der Waals surface area contributed by atoms with E-state index in [0.29, 0.717) is 9.52 Å². The number of hydrogen-bond donors (Lipinski definition) is 0. The van der Waals surface area contributed by atoms with Gasteiger partial charge in [-0.3, -0.25) is 0 Å². The van der Waals surface area contributed by atoms with Crippen molar-refractivity contribution in [2.45, 2.75) is 21.1 Å². The van der Waals surface area contributed by atoms with Gasteiger partial charge >= 0.3 is 60.6 Å². The zero-order chi connectivity index (χ0) is 6.41. The molecule has 8 heavy (non-hydrogen) atoms. The second kappa shape index (κ2) is 5.78. The molecule has 0 heterocycles. The molecule has 0 radical (unpaired) electrons. The third-order valence-electron chi connectivity index (χ3n) is 0.836. The fraction of sp³-hybridized carbons (Fsp3) is 0.667. The van der Waals surface area contributed by atoms with E-state index in [2.05, 4.69) is 23.3 Å². The second-order valence-corrected chi connectivity index (χ2v) is 12.3. The first-order chi connectivity index (χ1) is 3.77. The van der Waals surface area contributed by atoms with E-state index in [4.69, 9.17) is 0 Å². The Labute approximate surface area is 60.8 Å². The van der Waals surface area contributed by atoms with Crippen LogP contribution >= 0.6 is 0 Å². The molecule has 0 N–H and O–H groups in total. The SMILES string of the molecule is C=CC[SiH2][CH2][Pt]([CH3])[CH3]. The van der Waals surface area contributed by atoms with E-state index in [1.54, 1.807) is 4.43 Å². The van der Waals surface area contributed by atoms with Gasteiger partial charge in [-0.25, -0.2) is 0 Å². The van der Waals surface area contributed by atoms with Crippen LogP contribution in [-0.4, -0.2) is 9.52 Å². The van der Waals surface area contributed by atoms with Crippen LogP contribution in [0.25, 0.3) is 0 Å². The van der Waals surface area contributed by atoms with Gasteiger partial charge in [-0.1, -0.05) is 0 Å². The Hall–Kier alpha value is 0.645. The van der Waals surface area contributed by atoms with Gasteiger partial charge in [-0.15, -0.1) is 0 Å². The van der Waals surface area contributed by atoms with Gasteiger partial charge in [0.25, 0.3) is 0 Å². The van der Waals surface area contributed by atoms with Crippen LogP contribution in [0.15, 0.2) is 12.7 Å². The summed E-state index contributed by atoms with van der Waals surface area (Å²) in [7, 11) is 0.316. The fourth-order valence-electron chi connectivity index (χ4n) is 0.432. The van der Waals surface area contributed by atoms with Crippen molar-refractivity contribution in [2.24, 2.45) is 0 Å². The molecule has 0 atom stereocenters. The predicted molar refractivity (Wildman–Crippen MR) is 40.1 cm³/mol. The summed E-state index contributed by atoms with van der Waals surface area (Å²) >= 11 is -0.336. The third kappa shape index (κ3) is 6.65. The van der Waals surface area contributed by atoms with Gasteiger partial charge in [-0.2, -0.15) is 0 Å². The number of hydrogen-bond acceptors (Lipinski definition) is 0. The van der Waals surface area contributed by atoms with Crippen molar-refractivity contribution in [3.63, 3.8) is 0 Å². The quantitative estimate of drug-likeness (QED) is 0.422. The average Bonchev–Trinajstić information content (AvgIpc) is 1.66. The van der Waals surface area contributed by atoms with E-state index >= 15 is 0 Å². The Morgan fingerprint density at radius 1 is 1.62 bits per heavy atom. The normalized spacial score (nSPS) is 12.5. The van der Waals surface area contributed by atoms with Gasteiger partial charge in [0, 0.05) is 0 Å². The van der Waals surface area contributed by atoms with Crippen molar-refractivity contribution in [2.75, 3.05) is 0 Å². The Morgan fingerprint density at radius 2 is 2.25 bits per heavy atom. The molecule has 0 nitrogen and oxygen atoms in total. The summed E-state index contributed by atoms with van der Waals surface area (Å²) in [5.74, 6) is 0. The molecule has 0 spiro atoms. The maximum atomic E-state index is 3.71. The molecule has 2 heteroatoms. The van der Waals surface area contributed by atoms with Crippen LogP contribution < -0.4 is 0 Å². The van der Waals surface area contributed by atoms with Gasteiger partial charge in [0.1, 0.15) is 0 Å². The number of allylic oxidation sites excluding steroid dienone is 1. The molecule has 0 aliphatic heterocycles. The zero-order valence-corrected chi connectivity index (χ0v) is 9.41. The molecule has 0 aromatic heterocycles. The summed E-state index contributed by atoms with van der Waals surface area (Å²) in [6.07, 6.45) is 2.08. The molecule has 0 aromatic carbocycles. The molecule has 0 aliphatic rings. The van der Waals surface area contributed by atoms with E-state index < -0.39 is 0 Å². The molecule has 0 bridgehead atoms. The molecule has 0 aromatic rings. The third-order valence-corrected chi connectivity index (χ3v) is 11.7. The van der Waals surface area contributed by atoms with E-state index in [0.717, 1.165) is 0 Å². The van der Waals surface area contributed by atoms with Gasteiger partial charge in [0.15, 0.2) is 0 Å². The zero-order valence-electron chi connectivity index (χ0n) is 5.72. The summed E-state index contributed by atoms with van der Waals surface area (Å²) in [6.45, 7) is 3.71. The van der Waals surface area contributed by atoms with Crippen molar-refractivity contribution in [3.05, 3.63) is 12.7 Å². The van der Waals surface area contributed by atoms with E-state index in [-0.39, 0.29) is 17.3 Å². The summed E-state index contributed by atoms with van der Waals surface area (Å²) in [5.41, 5.74) is 0. The molecular formula is C6H15PtSi. The van der Waals surface area contributed by atoms with Crippen molar-refractivity contribution >= 4 is 9.52 Å². The van der Waals surface area contributed by atoms with E-state index in [9.17, 15) is 0 Å². The Morgan fingerprint density at radius 3 is 2.62 bits per heavy atom. The first-order valence-corrected chi connectivity index (χ1v) is 10.8. The van der Waals surface area contributed by atoms with Crippen LogP contribution in [0, 0.1) is 0 Å². The summed E-state index contributed by atoms with van der Waals surface area (Å²) in [6, 6.07) is 1.36. The predicted octanol–water partition coefficient (Wildman–Crippen LogP) is 1.85. The Bertz CT molecular complexity index is 61.5. The van der Waals surface area contributed by atoms with Gasteiger partial charge in [0.05, 0.1) is 0 Å². The minimum atomic E-state index is -0.336. The molecule has 0 rings (SSSR count). The second-order valence-electron chi connectivity index (χ2n) is 1.85. The van der Waals surface area contributed by atoms with Crippen LogP contribution in [0.3, 0.4) is 0 Å². The van der Waals surface area contributed by atoms with Gasteiger partial charge in [-0.05, 0) is 0 Å². The summed E-state index contributed by atoms with van der Waals surface area (Å²) in [5, 5.41) is 4.89. The molecular weight excluding hydrogens is 295 g/mol. The van der Waals surface area contributed by atoms with Crippen LogP contribution in [0.2, 0.25) is 21.1 Å². The van der Waals surface area contributed by atoms with Crippen LogP contribution in [0.5, 0.6) is 0 Å². The molecule has 0 fully saturated rings. The molecule has 0 aliphatic carbocycles. The van der Waals surface area contributed by atoms with Crippen LogP contribution in [0.4, 0.5) is 0 Å². The van der Waals surface area contributed by atoms with E-state index in [1.807, 2.05) is 0 Å². The van der Waals surface area contributed by atoms with Crippen LogP contribution in [0.1, 0.15) is 0 Å². The first kappa shape index (κ1) is 8.65. The van der Waals surface area contributed by atoms with Crippen molar-refractivity contribution in [1.82, 2.24) is 0 Å². The topological polar surface area (TPSA) is 0 Å². The van der Waals surface area contributed by atoms with Gasteiger partial charge in [0.2, 0.25) is 0 Å². The van der Waals surface area contributed by atoms with Crippen molar-refractivity contribution < 1.29 is 17.3 Å². The van der Waals surface area contributed by atoms with E-state index in [1.165, 1.54) is 6.04 Å². The van der Waals surface area contributed by atoms with Crippen molar-refractivity contribution in [1.29, 1.82) is 0 Å². The Kier molecular flexibility index (Phi) is 6.24. The van der Waals surface area contributed by atoms with Crippen molar-refractivity contribution in [3.8, 4) is 0 Å². The fourth-order valence-corrected chi connectivity index (χ4v) is 7.51.